The predicted octanol–water partition coefficient (Wildman–Crippen LogP) is 6.91. The average molecular weight is 516 g/mol. The predicted molar refractivity (Wildman–Crippen MR) is 144 cm³/mol. The van der Waals surface area contributed by atoms with Gasteiger partial charge in [0, 0.05) is 17.9 Å². The van der Waals surface area contributed by atoms with Crippen LogP contribution in [0.5, 0.6) is 0 Å². The summed E-state index contributed by atoms with van der Waals surface area (Å²) in [6.45, 7) is 20.4. The van der Waals surface area contributed by atoms with Crippen LogP contribution in [-0.2, 0) is 14.9 Å². The number of hydrogen-bond acceptors (Lipinski definition) is 7. The van der Waals surface area contributed by atoms with Crippen molar-refractivity contribution >= 4 is 23.1 Å². The van der Waals surface area contributed by atoms with Gasteiger partial charge in [-0.15, -0.1) is 0 Å². The standard InChI is InChI=1S/C29H45N3O5/c1-18(2)14-19(22-17-35-29(9,10)32(22)26(34)37-28(6,7)8)12-11-13-23(33)21-16-30-25-20(31-21)15-24(36-25)27(3,4)5/h15-16,18-19,22H,11-14,17H2,1-10H3/t19-,22-/m0/s1. The van der Waals surface area contributed by atoms with Crippen molar-refractivity contribution in [2.45, 2.75) is 118 Å². The molecule has 1 amide bonds. The molecule has 1 saturated heterocycles. The fourth-order valence-corrected chi connectivity index (χ4v) is 4.90. The Labute approximate surface area is 221 Å². The van der Waals surface area contributed by atoms with Crippen LogP contribution in [0.25, 0.3) is 11.2 Å². The summed E-state index contributed by atoms with van der Waals surface area (Å²) in [5.41, 5.74) is -0.0971. The summed E-state index contributed by atoms with van der Waals surface area (Å²) in [7, 11) is 0. The lowest BCUT2D eigenvalue weighted by Gasteiger charge is -2.38. The van der Waals surface area contributed by atoms with Gasteiger partial charge in [0.05, 0.1) is 18.8 Å². The highest BCUT2D eigenvalue weighted by molar-refractivity contribution is 5.95. The summed E-state index contributed by atoms with van der Waals surface area (Å²) >= 11 is 0. The molecule has 1 fully saturated rings. The third-order valence-corrected chi connectivity index (χ3v) is 6.67. The Hall–Kier alpha value is -2.48. The van der Waals surface area contributed by atoms with Crippen LogP contribution in [-0.4, -0.2) is 50.7 Å². The smallest absolute Gasteiger partial charge is 0.412 e. The second-order valence-corrected chi connectivity index (χ2v) is 13.2. The topological polar surface area (TPSA) is 94.8 Å². The summed E-state index contributed by atoms with van der Waals surface area (Å²) in [6, 6.07) is 1.76. The van der Waals surface area contributed by atoms with Gasteiger partial charge in [-0.3, -0.25) is 9.69 Å². The Morgan fingerprint density at radius 1 is 1.19 bits per heavy atom. The third kappa shape index (κ3) is 7.30. The highest BCUT2D eigenvalue weighted by Crippen LogP contribution is 2.37. The minimum absolute atomic E-state index is 0.0387. The van der Waals surface area contributed by atoms with Crippen LogP contribution < -0.4 is 0 Å². The number of rotatable bonds is 8. The molecule has 0 saturated carbocycles. The Morgan fingerprint density at radius 2 is 1.86 bits per heavy atom. The van der Waals surface area contributed by atoms with Crippen molar-refractivity contribution in [2.75, 3.05) is 6.61 Å². The van der Waals surface area contributed by atoms with Crippen molar-refractivity contribution in [1.29, 1.82) is 0 Å². The second-order valence-electron chi connectivity index (χ2n) is 13.2. The van der Waals surface area contributed by atoms with Gasteiger partial charge in [0.15, 0.2) is 5.78 Å². The minimum Gasteiger partial charge on any atom is -0.444 e. The van der Waals surface area contributed by atoms with E-state index in [0.29, 0.717) is 42.3 Å². The van der Waals surface area contributed by atoms with Gasteiger partial charge in [-0.25, -0.2) is 14.8 Å². The molecule has 2 aromatic rings. The zero-order valence-electron chi connectivity index (χ0n) is 24.3. The number of Topliss-reactive ketones (excluding diaryl/α,β-unsaturated/α-hetero) is 1. The van der Waals surface area contributed by atoms with Gasteiger partial charge >= 0.3 is 6.09 Å². The number of carbonyl (C=O) groups is 2. The molecule has 2 atom stereocenters. The first-order valence-electron chi connectivity index (χ1n) is 13.4. The monoisotopic (exact) mass is 515 g/mol. The van der Waals surface area contributed by atoms with Gasteiger partial charge in [-0.1, -0.05) is 34.6 Å². The zero-order chi connectivity index (χ0) is 27.8. The van der Waals surface area contributed by atoms with Gasteiger partial charge in [0.25, 0.3) is 0 Å². The molecule has 1 aliphatic rings. The number of aromatic nitrogens is 2. The molecule has 1 aliphatic heterocycles. The fourth-order valence-electron chi connectivity index (χ4n) is 4.90. The van der Waals surface area contributed by atoms with Gasteiger partial charge in [0.2, 0.25) is 5.71 Å². The van der Waals surface area contributed by atoms with E-state index in [1.54, 1.807) is 4.90 Å². The van der Waals surface area contributed by atoms with Gasteiger partial charge in [-0.05, 0) is 65.7 Å². The molecule has 0 aromatic carbocycles. The van der Waals surface area contributed by atoms with Gasteiger partial charge in [-0.2, -0.15) is 0 Å². The van der Waals surface area contributed by atoms with Crippen LogP contribution in [0.1, 0.15) is 111 Å². The molecule has 0 unspecified atom stereocenters. The SMILES string of the molecule is CC(C)C[C@H](CCCC(=O)c1cnc2oc(C(C)(C)C)cc2n1)[C@@H]1COC(C)(C)N1C(=O)OC(C)(C)C. The first-order valence-corrected chi connectivity index (χ1v) is 13.4. The molecule has 0 radical (unpaired) electrons. The number of carbonyl (C=O) groups excluding carboxylic acids is 2. The van der Waals surface area contributed by atoms with Crippen LogP contribution in [0.2, 0.25) is 0 Å². The van der Waals surface area contributed by atoms with E-state index >= 15 is 0 Å². The highest BCUT2D eigenvalue weighted by atomic mass is 16.6. The lowest BCUT2D eigenvalue weighted by Crippen LogP contribution is -2.52. The third-order valence-electron chi connectivity index (χ3n) is 6.67. The quantitative estimate of drug-likeness (QED) is 0.353. The summed E-state index contributed by atoms with van der Waals surface area (Å²) in [4.78, 5) is 36.8. The first kappa shape index (κ1) is 29.1. The number of amides is 1. The van der Waals surface area contributed by atoms with Crippen LogP contribution >= 0.6 is 0 Å². The molecular formula is C29H45N3O5. The Morgan fingerprint density at radius 3 is 2.46 bits per heavy atom. The van der Waals surface area contributed by atoms with E-state index in [1.807, 2.05) is 40.7 Å². The molecular weight excluding hydrogens is 470 g/mol. The summed E-state index contributed by atoms with van der Waals surface area (Å²) in [6.07, 6.45) is 3.92. The second kappa shape index (κ2) is 10.7. The van der Waals surface area contributed by atoms with Crippen molar-refractivity contribution in [1.82, 2.24) is 14.9 Å². The summed E-state index contributed by atoms with van der Waals surface area (Å²) < 4.78 is 17.6. The molecule has 8 heteroatoms. The molecule has 0 spiro atoms. The van der Waals surface area contributed by atoms with Crippen LogP contribution in [0.3, 0.4) is 0 Å². The molecule has 3 rings (SSSR count). The van der Waals surface area contributed by atoms with E-state index in [9.17, 15) is 9.59 Å². The number of ketones is 1. The molecule has 37 heavy (non-hydrogen) atoms. The molecule has 8 nitrogen and oxygen atoms in total. The lowest BCUT2D eigenvalue weighted by atomic mass is 9.85. The van der Waals surface area contributed by atoms with E-state index in [2.05, 4.69) is 44.6 Å². The van der Waals surface area contributed by atoms with Crippen molar-refractivity contribution < 1.29 is 23.5 Å². The van der Waals surface area contributed by atoms with Crippen molar-refractivity contribution in [3.05, 3.63) is 23.7 Å². The Balaban J connectivity index is 1.70. The average Bonchev–Trinajstić information content (AvgIpc) is 3.31. The van der Waals surface area contributed by atoms with E-state index in [4.69, 9.17) is 13.9 Å². The maximum atomic E-state index is 13.2. The van der Waals surface area contributed by atoms with Crippen LogP contribution in [0, 0.1) is 11.8 Å². The number of hydrogen-bond donors (Lipinski definition) is 0. The number of fused-ring (bicyclic) bond motifs is 1. The van der Waals surface area contributed by atoms with Crippen molar-refractivity contribution in [3.63, 3.8) is 0 Å². The number of furan rings is 1. The molecule has 3 heterocycles. The van der Waals surface area contributed by atoms with E-state index in [0.717, 1.165) is 18.6 Å². The van der Waals surface area contributed by atoms with Crippen LogP contribution in [0.15, 0.2) is 16.7 Å². The van der Waals surface area contributed by atoms with Crippen molar-refractivity contribution in [2.24, 2.45) is 11.8 Å². The molecule has 0 aliphatic carbocycles. The molecule has 0 N–H and O–H groups in total. The maximum absolute atomic E-state index is 13.2. The summed E-state index contributed by atoms with van der Waals surface area (Å²) in [5.74, 6) is 1.37. The maximum Gasteiger partial charge on any atom is 0.412 e. The van der Waals surface area contributed by atoms with E-state index < -0.39 is 11.3 Å². The number of nitrogens with zero attached hydrogens (tertiary/aromatic N) is 3. The molecule has 2 aromatic heterocycles. The van der Waals surface area contributed by atoms with E-state index in [1.165, 1.54) is 6.20 Å². The number of ether oxygens (including phenoxy) is 2. The van der Waals surface area contributed by atoms with Crippen molar-refractivity contribution in [3.8, 4) is 0 Å². The highest BCUT2D eigenvalue weighted by Gasteiger charge is 2.48. The Kier molecular flexibility index (Phi) is 8.42. The largest absolute Gasteiger partial charge is 0.444 e. The molecule has 206 valence electrons. The normalized spacial score (nSPS) is 19.0. The first-order chi connectivity index (χ1) is 17.0. The van der Waals surface area contributed by atoms with Gasteiger partial charge in [0.1, 0.15) is 28.3 Å². The lowest BCUT2D eigenvalue weighted by molar-refractivity contribution is -0.0649. The minimum atomic E-state index is -0.750. The zero-order valence-corrected chi connectivity index (χ0v) is 24.3. The van der Waals surface area contributed by atoms with Gasteiger partial charge < -0.3 is 13.9 Å². The Bertz CT molecular complexity index is 1110. The van der Waals surface area contributed by atoms with E-state index in [-0.39, 0.29) is 29.3 Å². The fraction of sp³-hybridized carbons (Fsp3) is 0.724. The molecule has 0 bridgehead atoms. The van der Waals surface area contributed by atoms with Crippen LogP contribution in [0.4, 0.5) is 4.79 Å². The summed E-state index contributed by atoms with van der Waals surface area (Å²) in [5, 5.41) is 0.